The van der Waals surface area contributed by atoms with Crippen molar-refractivity contribution in [3.63, 3.8) is 0 Å². The second kappa shape index (κ2) is 7.64. The number of benzene rings is 1. The molecule has 0 atom stereocenters. The van der Waals surface area contributed by atoms with Crippen molar-refractivity contribution >= 4 is 23.6 Å². The predicted octanol–water partition coefficient (Wildman–Crippen LogP) is 3.13. The largest absolute Gasteiger partial charge is 0.353 e. The normalized spacial score (nSPS) is 11.0. The van der Waals surface area contributed by atoms with E-state index in [-0.39, 0.29) is 5.91 Å². The smallest absolute Gasteiger partial charge is 0.243 e. The van der Waals surface area contributed by atoms with Gasteiger partial charge in [0.2, 0.25) is 5.91 Å². The highest BCUT2D eigenvalue weighted by Gasteiger charge is 2.00. The number of nitrogens with one attached hydrogen (secondary N) is 2. The zero-order valence-electron chi connectivity index (χ0n) is 11.9. The fourth-order valence-electron chi connectivity index (χ4n) is 1.96. The Balaban J connectivity index is 1.71. The first-order chi connectivity index (χ1) is 10.1. The number of carbonyl (C=O) groups is 1. The number of hydrogen-bond acceptors (Lipinski definition) is 2. The summed E-state index contributed by atoms with van der Waals surface area (Å²) in [5.41, 5.74) is 3.19. The Kier molecular flexibility index (Phi) is 5.58. The van der Waals surface area contributed by atoms with Crippen LogP contribution in [-0.4, -0.2) is 22.6 Å². The van der Waals surface area contributed by atoms with Crippen molar-refractivity contribution in [2.45, 2.75) is 19.8 Å². The minimum Gasteiger partial charge on any atom is -0.353 e. The molecule has 0 fully saturated rings. The van der Waals surface area contributed by atoms with E-state index in [1.165, 1.54) is 11.6 Å². The molecule has 0 aliphatic rings. The lowest BCUT2D eigenvalue weighted by atomic mass is 10.1. The minimum absolute atomic E-state index is 0.0982. The maximum atomic E-state index is 11.7. The molecular formula is C16H18ClN3O. The number of aryl methyl sites for hydroxylation is 2. The van der Waals surface area contributed by atoms with E-state index >= 15 is 0 Å². The average molecular weight is 304 g/mol. The van der Waals surface area contributed by atoms with Gasteiger partial charge in [-0.05, 0) is 49.1 Å². The Morgan fingerprint density at radius 3 is 3.05 bits per heavy atom. The Morgan fingerprint density at radius 2 is 2.33 bits per heavy atom. The quantitative estimate of drug-likeness (QED) is 0.636. The summed E-state index contributed by atoms with van der Waals surface area (Å²) >= 11 is 5.88. The van der Waals surface area contributed by atoms with Gasteiger partial charge in [0.05, 0.1) is 6.20 Å². The van der Waals surface area contributed by atoms with Crippen molar-refractivity contribution in [3.05, 3.63) is 58.4 Å². The highest BCUT2D eigenvalue weighted by molar-refractivity contribution is 6.30. The van der Waals surface area contributed by atoms with Crippen LogP contribution in [0.2, 0.25) is 5.02 Å². The molecular weight excluding hydrogens is 286 g/mol. The van der Waals surface area contributed by atoms with Gasteiger partial charge in [-0.3, -0.25) is 9.89 Å². The molecule has 2 aromatic rings. The molecule has 110 valence electrons. The van der Waals surface area contributed by atoms with Gasteiger partial charge >= 0.3 is 0 Å². The van der Waals surface area contributed by atoms with E-state index in [1.807, 2.05) is 31.3 Å². The molecule has 2 N–H and O–H groups in total. The summed E-state index contributed by atoms with van der Waals surface area (Å²) in [7, 11) is 0. The molecule has 21 heavy (non-hydrogen) atoms. The molecule has 1 aromatic carbocycles. The molecule has 0 aliphatic heterocycles. The van der Waals surface area contributed by atoms with Crippen LogP contribution in [-0.2, 0) is 11.2 Å². The van der Waals surface area contributed by atoms with Crippen molar-refractivity contribution in [3.8, 4) is 0 Å². The number of aromatic nitrogens is 2. The molecule has 0 aliphatic carbocycles. The third-order valence-electron chi connectivity index (χ3n) is 3.13. The number of carbonyl (C=O) groups excluding carboxylic acids is 1. The van der Waals surface area contributed by atoms with E-state index in [1.54, 1.807) is 12.1 Å². The number of aromatic amines is 1. The second-order valence-corrected chi connectivity index (χ2v) is 5.24. The zero-order chi connectivity index (χ0) is 15.1. The lowest BCUT2D eigenvalue weighted by Gasteiger charge is -2.02. The molecule has 5 heteroatoms. The third-order valence-corrected chi connectivity index (χ3v) is 3.37. The summed E-state index contributed by atoms with van der Waals surface area (Å²) in [6.07, 6.45) is 6.89. The van der Waals surface area contributed by atoms with Gasteiger partial charge in [-0.2, -0.15) is 5.10 Å². The Bertz CT molecular complexity index is 634. The summed E-state index contributed by atoms with van der Waals surface area (Å²) in [6.45, 7) is 2.64. The van der Waals surface area contributed by atoms with Crippen LogP contribution in [0.5, 0.6) is 0 Å². The fraction of sp³-hybridized carbons (Fsp3) is 0.250. The van der Waals surface area contributed by atoms with E-state index in [0.29, 0.717) is 11.6 Å². The summed E-state index contributed by atoms with van der Waals surface area (Å²) in [5, 5.41) is 10.4. The van der Waals surface area contributed by atoms with E-state index in [0.717, 1.165) is 24.1 Å². The van der Waals surface area contributed by atoms with Gasteiger partial charge in [0.25, 0.3) is 0 Å². The van der Waals surface area contributed by atoms with E-state index in [2.05, 4.69) is 15.5 Å². The van der Waals surface area contributed by atoms with Crippen molar-refractivity contribution in [2.24, 2.45) is 0 Å². The van der Waals surface area contributed by atoms with Gasteiger partial charge in [-0.15, -0.1) is 0 Å². The highest BCUT2D eigenvalue weighted by Crippen LogP contribution is 2.11. The van der Waals surface area contributed by atoms with Gasteiger partial charge in [-0.25, -0.2) is 0 Å². The van der Waals surface area contributed by atoms with Crippen molar-refractivity contribution in [2.75, 3.05) is 6.54 Å². The number of halogens is 1. The molecule has 0 radical (unpaired) electrons. The first kappa shape index (κ1) is 15.3. The minimum atomic E-state index is -0.0982. The van der Waals surface area contributed by atoms with Crippen molar-refractivity contribution < 1.29 is 4.79 Å². The highest BCUT2D eigenvalue weighted by atomic mass is 35.5. The number of hydrogen-bond donors (Lipinski definition) is 2. The van der Waals surface area contributed by atoms with E-state index < -0.39 is 0 Å². The maximum absolute atomic E-state index is 11.7. The van der Waals surface area contributed by atoms with Crippen molar-refractivity contribution in [1.29, 1.82) is 0 Å². The molecule has 1 amide bonds. The van der Waals surface area contributed by atoms with E-state index in [9.17, 15) is 4.79 Å². The van der Waals surface area contributed by atoms with Crippen LogP contribution >= 0.6 is 11.6 Å². The first-order valence-corrected chi connectivity index (χ1v) is 7.23. The first-order valence-electron chi connectivity index (χ1n) is 6.85. The molecule has 1 heterocycles. The molecule has 4 nitrogen and oxygen atoms in total. The number of H-pyrrole nitrogens is 1. The van der Waals surface area contributed by atoms with Crippen LogP contribution in [0.4, 0.5) is 0 Å². The summed E-state index contributed by atoms with van der Waals surface area (Å²) in [4.78, 5) is 11.7. The zero-order valence-corrected chi connectivity index (χ0v) is 12.7. The SMILES string of the molecule is Cc1[nH]ncc1CCCNC(=O)C=Cc1cccc(Cl)c1. The lowest BCUT2D eigenvalue weighted by molar-refractivity contribution is -0.116. The Morgan fingerprint density at radius 1 is 1.48 bits per heavy atom. The van der Waals surface area contributed by atoms with Gasteiger partial charge in [0.1, 0.15) is 0 Å². The average Bonchev–Trinajstić information content (AvgIpc) is 2.87. The number of nitrogens with zero attached hydrogens (tertiary/aromatic N) is 1. The number of rotatable bonds is 6. The van der Waals surface area contributed by atoms with Gasteiger partial charge in [0.15, 0.2) is 0 Å². The fourth-order valence-corrected chi connectivity index (χ4v) is 2.16. The monoisotopic (exact) mass is 303 g/mol. The molecule has 0 bridgehead atoms. The lowest BCUT2D eigenvalue weighted by Crippen LogP contribution is -2.22. The summed E-state index contributed by atoms with van der Waals surface area (Å²) in [5.74, 6) is -0.0982. The molecule has 1 aromatic heterocycles. The molecule has 0 saturated carbocycles. The topological polar surface area (TPSA) is 57.8 Å². The maximum Gasteiger partial charge on any atom is 0.243 e. The van der Waals surface area contributed by atoms with E-state index in [4.69, 9.17) is 11.6 Å². The third kappa shape index (κ3) is 5.08. The summed E-state index contributed by atoms with van der Waals surface area (Å²) in [6, 6.07) is 7.37. The van der Waals surface area contributed by atoms with Crippen LogP contribution in [0.1, 0.15) is 23.2 Å². The van der Waals surface area contributed by atoms with Crippen molar-refractivity contribution in [1.82, 2.24) is 15.5 Å². The van der Waals surface area contributed by atoms with Crippen LogP contribution < -0.4 is 5.32 Å². The van der Waals surface area contributed by atoms with Crippen LogP contribution in [0.25, 0.3) is 6.08 Å². The van der Waals surface area contributed by atoms with Gasteiger partial charge < -0.3 is 5.32 Å². The van der Waals surface area contributed by atoms with Crippen LogP contribution in [0.3, 0.4) is 0 Å². The molecule has 2 rings (SSSR count). The second-order valence-electron chi connectivity index (χ2n) is 4.80. The van der Waals surface area contributed by atoms with Crippen LogP contribution in [0, 0.1) is 6.92 Å². The molecule has 0 unspecified atom stereocenters. The van der Waals surface area contributed by atoms with Gasteiger partial charge in [-0.1, -0.05) is 23.7 Å². The molecule has 0 saturated heterocycles. The van der Waals surface area contributed by atoms with Crippen LogP contribution in [0.15, 0.2) is 36.5 Å². The Labute approximate surface area is 129 Å². The standard InChI is InChI=1S/C16H18ClN3O/c1-12-14(11-19-20-12)5-3-9-18-16(21)8-7-13-4-2-6-15(17)10-13/h2,4,6-8,10-11H,3,5,9H2,1H3,(H,18,21)(H,19,20). The molecule has 0 spiro atoms. The number of amides is 1. The predicted molar refractivity (Wildman–Crippen MR) is 85.1 cm³/mol. The van der Waals surface area contributed by atoms with Gasteiger partial charge in [0, 0.05) is 23.3 Å². The Hall–Kier alpha value is -2.07. The summed E-state index contributed by atoms with van der Waals surface area (Å²) < 4.78 is 0.